The molecule has 4 saturated carbocycles. The fourth-order valence-electron chi connectivity index (χ4n) is 9.46. The molecule has 0 saturated heterocycles. The number of hydrogen-bond acceptors (Lipinski definition) is 5. The maximum atomic E-state index is 12.6. The number of aliphatic hydroxyl groups excluding tert-OH is 3. The van der Waals surface area contributed by atoms with E-state index in [9.17, 15) is 25.2 Å². The number of carbonyl (C=O) groups excluding carboxylic acids is 1. The van der Waals surface area contributed by atoms with Gasteiger partial charge in [-0.1, -0.05) is 20.8 Å². The summed E-state index contributed by atoms with van der Waals surface area (Å²) in [6.45, 7) is 6.85. The lowest BCUT2D eigenvalue weighted by atomic mass is 9.43. The van der Waals surface area contributed by atoms with Crippen molar-refractivity contribution < 1.29 is 25.2 Å². The molecule has 6 heteroatoms. The van der Waals surface area contributed by atoms with Gasteiger partial charge in [0.15, 0.2) is 0 Å². The summed E-state index contributed by atoms with van der Waals surface area (Å²) in [6, 6.07) is 6.52. The molecule has 0 spiro atoms. The monoisotopic (exact) mass is 499 g/mol. The largest absolute Gasteiger partial charge is 0.508 e. The minimum absolute atomic E-state index is 0.0300. The van der Waals surface area contributed by atoms with Crippen molar-refractivity contribution >= 4 is 11.6 Å². The summed E-state index contributed by atoms with van der Waals surface area (Å²) in [5, 5.41) is 45.8. The number of benzene rings is 1. The molecule has 1 aromatic carbocycles. The van der Waals surface area contributed by atoms with Crippen molar-refractivity contribution in [3.63, 3.8) is 0 Å². The van der Waals surface area contributed by atoms with E-state index in [1.165, 1.54) is 0 Å². The van der Waals surface area contributed by atoms with Crippen molar-refractivity contribution in [3.05, 3.63) is 24.3 Å². The zero-order chi connectivity index (χ0) is 25.8. The Kier molecular flexibility index (Phi) is 6.93. The van der Waals surface area contributed by atoms with Crippen LogP contribution >= 0.6 is 0 Å². The first-order valence-corrected chi connectivity index (χ1v) is 14.2. The molecule has 0 unspecified atom stereocenters. The molecular weight excluding hydrogens is 454 g/mol. The van der Waals surface area contributed by atoms with Crippen LogP contribution in [0.5, 0.6) is 5.75 Å². The van der Waals surface area contributed by atoms with Gasteiger partial charge in [0, 0.05) is 12.1 Å². The number of carbonyl (C=O) groups is 1. The number of nitrogens with one attached hydrogen (secondary N) is 1. The van der Waals surface area contributed by atoms with Gasteiger partial charge in [0.1, 0.15) is 5.75 Å². The lowest BCUT2D eigenvalue weighted by Crippen LogP contribution is -2.62. The van der Waals surface area contributed by atoms with Gasteiger partial charge >= 0.3 is 0 Å². The number of anilines is 1. The van der Waals surface area contributed by atoms with E-state index in [1.807, 2.05) is 0 Å². The van der Waals surface area contributed by atoms with Gasteiger partial charge < -0.3 is 25.7 Å². The highest BCUT2D eigenvalue weighted by Gasteiger charge is 2.65. The Morgan fingerprint density at radius 2 is 1.75 bits per heavy atom. The maximum absolute atomic E-state index is 12.6. The van der Waals surface area contributed by atoms with Crippen LogP contribution in [0, 0.1) is 46.3 Å². The van der Waals surface area contributed by atoms with E-state index < -0.39 is 6.10 Å². The Hall–Kier alpha value is -1.63. The number of fused-ring (bicyclic) bond motifs is 5. The molecule has 0 aliphatic heterocycles. The molecule has 4 aliphatic carbocycles. The molecule has 200 valence electrons. The second-order valence-electron chi connectivity index (χ2n) is 13.1. The maximum Gasteiger partial charge on any atom is 0.224 e. The van der Waals surface area contributed by atoms with Crippen LogP contribution in [0.25, 0.3) is 0 Å². The fourth-order valence-corrected chi connectivity index (χ4v) is 9.46. The molecule has 0 bridgehead atoms. The van der Waals surface area contributed by atoms with Crippen molar-refractivity contribution in [2.45, 2.75) is 96.9 Å². The van der Waals surface area contributed by atoms with E-state index in [1.54, 1.807) is 24.3 Å². The summed E-state index contributed by atoms with van der Waals surface area (Å²) in [5.74, 6) is 1.91. The van der Waals surface area contributed by atoms with Crippen molar-refractivity contribution in [1.29, 1.82) is 0 Å². The van der Waals surface area contributed by atoms with Gasteiger partial charge in [0.05, 0.1) is 18.3 Å². The number of phenolic OH excluding ortho intramolecular Hbond substituents is 1. The number of aliphatic hydroxyl groups is 3. The predicted octanol–water partition coefficient (Wildman–Crippen LogP) is 4.71. The first kappa shape index (κ1) is 26.0. The van der Waals surface area contributed by atoms with Crippen LogP contribution in [-0.4, -0.2) is 44.6 Å². The summed E-state index contributed by atoms with van der Waals surface area (Å²) in [5.41, 5.74) is 0.522. The van der Waals surface area contributed by atoms with Crippen molar-refractivity contribution in [2.75, 3.05) is 5.32 Å². The third-order valence-electron chi connectivity index (χ3n) is 11.5. The summed E-state index contributed by atoms with van der Waals surface area (Å²) < 4.78 is 0. The van der Waals surface area contributed by atoms with Gasteiger partial charge in [-0.2, -0.15) is 0 Å². The third kappa shape index (κ3) is 4.27. The Bertz CT molecular complexity index is 951. The molecule has 36 heavy (non-hydrogen) atoms. The molecule has 0 heterocycles. The molecule has 11 atom stereocenters. The Morgan fingerprint density at radius 1 is 1.03 bits per heavy atom. The van der Waals surface area contributed by atoms with Crippen molar-refractivity contribution in [3.8, 4) is 5.75 Å². The summed E-state index contributed by atoms with van der Waals surface area (Å²) in [6.07, 6.45) is 6.34. The first-order chi connectivity index (χ1) is 17.0. The molecule has 4 fully saturated rings. The topological polar surface area (TPSA) is 110 Å². The van der Waals surface area contributed by atoms with Gasteiger partial charge in [-0.3, -0.25) is 4.79 Å². The van der Waals surface area contributed by atoms with Crippen LogP contribution < -0.4 is 5.32 Å². The van der Waals surface area contributed by atoms with Crippen LogP contribution in [0.1, 0.15) is 78.6 Å². The normalized spacial score (nSPS) is 44.7. The molecular formula is C30H45NO5. The van der Waals surface area contributed by atoms with Gasteiger partial charge in [0.25, 0.3) is 0 Å². The summed E-state index contributed by atoms with van der Waals surface area (Å²) in [7, 11) is 0. The number of amides is 1. The SMILES string of the molecule is C[C@H](CCC(=O)Nc1ccc(O)cc1)[C@H]1CC[C@H]2[C@@H]3[C@H](O)C[C@@H]4C[C@H](O)CC[C@]4(C)[C@H]3C[C@H](O)[C@]12C. The van der Waals surface area contributed by atoms with Crippen LogP contribution in [-0.2, 0) is 4.79 Å². The fraction of sp³-hybridized carbons (Fsp3) is 0.767. The van der Waals surface area contributed by atoms with Gasteiger partial charge in [-0.25, -0.2) is 0 Å². The van der Waals surface area contributed by atoms with E-state index in [2.05, 4.69) is 26.1 Å². The quantitative estimate of drug-likeness (QED) is 0.377. The summed E-state index contributed by atoms with van der Waals surface area (Å²) >= 11 is 0. The molecule has 5 rings (SSSR count). The second kappa shape index (κ2) is 9.59. The molecule has 0 radical (unpaired) electrons. The first-order valence-electron chi connectivity index (χ1n) is 14.2. The minimum Gasteiger partial charge on any atom is -0.508 e. The third-order valence-corrected chi connectivity index (χ3v) is 11.5. The van der Waals surface area contributed by atoms with Gasteiger partial charge in [-0.05, 0) is 122 Å². The van der Waals surface area contributed by atoms with Crippen LogP contribution in [0.4, 0.5) is 5.69 Å². The van der Waals surface area contributed by atoms with E-state index in [4.69, 9.17) is 0 Å². The highest BCUT2D eigenvalue weighted by Crippen LogP contribution is 2.68. The highest BCUT2D eigenvalue weighted by atomic mass is 16.3. The van der Waals surface area contributed by atoms with Gasteiger partial charge in [-0.15, -0.1) is 0 Å². The zero-order valence-electron chi connectivity index (χ0n) is 22.1. The Balaban J connectivity index is 1.27. The molecule has 0 aromatic heterocycles. The van der Waals surface area contributed by atoms with Crippen LogP contribution in [0.15, 0.2) is 24.3 Å². The molecule has 1 amide bonds. The number of phenols is 1. The molecule has 6 nitrogen and oxygen atoms in total. The van der Waals surface area contributed by atoms with E-state index in [0.717, 1.165) is 51.4 Å². The van der Waals surface area contributed by atoms with Crippen molar-refractivity contribution in [2.24, 2.45) is 46.3 Å². The Labute approximate surface area is 215 Å². The average Bonchev–Trinajstić information content (AvgIpc) is 3.19. The van der Waals surface area contributed by atoms with E-state index in [-0.39, 0.29) is 40.6 Å². The van der Waals surface area contributed by atoms with Crippen LogP contribution in [0.3, 0.4) is 0 Å². The lowest BCUT2D eigenvalue weighted by molar-refractivity contribution is -0.207. The molecule has 1 aromatic rings. The standard InChI is InChI=1S/C30H45NO5/c1-17(4-11-27(36)31-19-5-7-20(32)8-6-19)22-9-10-23-28-24(16-26(35)30(22,23)3)29(2)13-12-21(33)14-18(29)15-25(28)34/h5-8,17-18,21-26,28,32-35H,4,9-16H2,1-3H3,(H,31,36)/t17-,18+,21-,22-,23+,24+,25-,26+,28+,29+,30-/m1/s1. The zero-order valence-corrected chi connectivity index (χ0v) is 22.1. The lowest BCUT2D eigenvalue weighted by Gasteiger charge is -2.63. The molecule has 4 aliphatic rings. The minimum atomic E-state index is -0.404. The highest BCUT2D eigenvalue weighted by molar-refractivity contribution is 5.90. The summed E-state index contributed by atoms with van der Waals surface area (Å²) in [4.78, 5) is 12.6. The van der Waals surface area contributed by atoms with Crippen LogP contribution in [0.2, 0.25) is 0 Å². The van der Waals surface area contributed by atoms with Crippen molar-refractivity contribution in [1.82, 2.24) is 0 Å². The predicted molar refractivity (Wildman–Crippen MR) is 139 cm³/mol. The Morgan fingerprint density at radius 3 is 2.47 bits per heavy atom. The number of hydrogen-bond donors (Lipinski definition) is 5. The number of rotatable bonds is 5. The average molecular weight is 500 g/mol. The second-order valence-corrected chi connectivity index (χ2v) is 13.1. The van der Waals surface area contributed by atoms with E-state index >= 15 is 0 Å². The smallest absolute Gasteiger partial charge is 0.224 e. The number of aromatic hydroxyl groups is 1. The van der Waals surface area contributed by atoms with Gasteiger partial charge in [0.2, 0.25) is 5.91 Å². The molecule has 5 N–H and O–H groups in total. The van der Waals surface area contributed by atoms with E-state index in [0.29, 0.717) is 41.7 Å².